The molecule has 0 bridgehead atoms. The molecular weight excluding hydrogens is 252 g/mol. The van der Waals surface area contributed by atoms with E-state index in [0.717, 1.165) is 5.56 Å². The molecule has 2 amide bonds. The van der Waals surface area contributed by atoms with Gasteiger partial charge in [-0.3, -0.25) is 9.59 Å². The molecule has 0 radical (unpaired) electrons. The number of benzene rings is 1. The van der Waals surface area contributed by atoms with E-state index < -0.39 is 11.6 Å². The summed E-state index contributed by atoms with van der Waals surface area (Å²) in [6, 6.07) is 9.29. The van der Waals surface area contributed by atoms with E-state index in [1.54, 1.807) is 18.7 Å². The summed E-state index contributed by atoms with van der Waals surface area (Å²) < 4.78 is 0. The Morgan fingerprint density at radius 3 is 2.35 bits per heavy atom. The first-order chi connectivity index (χ1) is 9.34. The Kier molecular flexibility index (Phi) is 3.84. The van der Waals surface area contributed by atoms with Crippen molar-refractivity contribution in [2.75, 3.05) is 0 Å². The van der Waals surface area contributed by atoms with Gasteiger partial charge in [0.2, 0.25) is 11.8 Å². The third-order valence-corrected chi connectivity index (χ3v) is 3.80. The van der Waals surface area contributed by atoms with Gasteiger partial charge in [-0.05, 0) is 33.3 Å². The predicted molar refractivity (Wildman–Crippen MR) is 78.1 cm³/mol. The number of piperazine rings is 1. The molecule has 0 aliphatic carbocycles. The van der Waals surface area contributed by atoms with Gasteiger partial charge >= 0.3 is 0 Å². The summed E-state index contributed by atoms with van der Waals surface area (Å²) in [7, 11) is 0. The van der Waals surface area contributed by atoms with Crippen LogP contribution in [-0.4, -0.2) is 34.3 Å². The smallest absolute Gasteiger partial charge is 0.246 e. The Balaban J connectivity index is 2.24. The maximum Gasteiger partial charge on any atom is 0.246 e. The minimum atomic E-state index is -0.793. The Hall–Kier alpha value is -1.84. The van der Waals surface area contributed by atoms with Crippen LogP contribution in [-0.2, 0) is 16.0 Å². The molecule has 1 heterocycles. The van der Waals surface area contributed by atoms with Crippen molar-refractivity contribution in [3.05, 3.63) is 35.9 Å². The molecule has 1 aromatic carbocycles. The van der Waals surface area contributed by atoms with E-state index in [9.17, 15) is 9.59 Å². The van der Waals surface area contributed by atoms with Crippen LogP contribution in [0, 0.1) is 0 Å². The van der Waals surface area contributed by atoms with Gasteiger partial charge in [-0.2, -0.15) is 0 Å². The van der Waals surface area contributed by atoms with Crippen molar-refractivity contribution < 1.29 is 9.59 Å². The van der Waals surface area contributed by atoms with Gasteiger partial charge in [-0.1, -0.05) is 30.3 Å². The summed E-state index contributed by atoms with van der Waals surface area (Å²) in [5.74, 6) is -0.0971. The number of rotatable bonds is 3. The van der Waals surface area contributed by atoms with Gasteiger partial charge in [0.05, 0.1) is 0 Å². The van der Waals surface area contributed by atoms with Crippen LogP contribution in [0.5, 0.6) is 0 Å². The molecule has 1 saturated heterocycles. The number of carbonyl (C=O) groups excluding carboxylic acids is 2. The highest BCUT2D eigenvalue weighted by atomic mass is 16.2. The molecule has 1 aromatic rings. The molecule has 1 aliphatic heterocycles. The Morgan fingerprint density at radius 1 is 1.20 bits per heavy atom. The second-order valence-corrected chi connectivity index (χ2v) is 6.08. The molecule has 1 atom stereocenters. The van der Waals surface area contributed by atoms with Crippen molar-refractivity contribution in [3.8, 4) is 0 Å². The van der Waals surface area contributed by atoms with Gasteiger partial charge in [0, 0.05) is 12.5 Å². The quantitative estimate of drug-likeness (QED) is 0.913. The zero-order valence-electron chi connectivity index (χ0n) is 12.5. The SMILES string of the molecule is CC(C)N1C(=O)C(Cc2ccccc2)NC(=O)C1(C)C. The van der Waals surface area contributed by atoms with Crippen LogP contribution in [0.15, 0.2) is 30.3 Å². The highest BCUT2D eigenvalue weighted by Crippen LogP contribution is 2.24. The molecule has 0 spiro atoms. The van der Waals surface area contributed by atoms with Crippen LogP contribution in [0.3, 0.4) is 0 Å². The summed E-state index contributed by atoms with van der Waals surface area (Å²) in [5.41, 5.74) is 0.257. The normalized spacial score (nSPS) is 22.1. The van der Waals surface area contributed by atoms with Crippen LogP contribution in [0.4, 0.5) is 0 Å². The summed E-state index contributed by atoms with van der Waals surface area (Å²) in [5, 5.41) is 2.86. The average Bonchev–Trinajstić information content (AvgIpc) is 2.36. The molecule has 1 unspecified atom stereocenters. The van der Waals surface area contributed by atoms with E-state index in [1.165, 1.54) is 0 Å². The first-order valence-electron chi connectivity index (χ1n) is 7.02. The zero-order chi connectivity index (χ0) is 14.9. The zero-order valence-corrected chi connectivity index (χ0v) is 12.5. The molecule has 1 aliphatic rings. The van der Waals surface area contributed by atoms with E-state index in [4.69, 9.17) is 0 Å². The van der Waals surface area contributed by atoms with Gasteiger partial charge in [0.1, 0.15) is 11.6 Å². The number of amides is 2. The molecule has 20 heavy (non-hydrogen) atoms. The number of hydrogen-bond acceptors (Lipinski definition) is 2. The van der Waals surface area contributed by atoms with E-state index >= 15 is 0 Å². The van der Waals surface area contributed by atoms with Crippen molar-refractivity contribution in [3.63, 3.8) is 0 Å². The molecule has 0 aromatic heterocycles. The molecule has 108 valence electrons. The van der Waals surface area contributed by atoms with E-state index in [1.807, 2.05) is 44.2 Å². The van der Waals surface area contributed by atoms with Crippen LogP contribution >= 0.6 is 0 Å². The largest absolute Gasteiger partial charge is 0.342 e. The third-order valence-electron chi connectivity index (χ3n) is 3.80. The molecule has 4 nitrogen and oxygen atoms in total. The maximum absolute atomic E-state index is 12.6. The summed E-state index contributed by atoms with van der Waals surface area (Å²) >= 11 is 0. The number of hydrogen-bond donors (Lipinski definition) is 1. The number of nitrogens with one attached hydrogen (secondary N) is 1. The molecule has 1 N–H and O–H groups in total. The lowest BCUT2D eigenvalue weighted by Crippen LogP contribution is -2.70. The van der Waals surface area contributed by atoms with Crippen molar-refractivity contribution in [2.45, 2.75) is 51.7 Å². The topological polar surface area (TPSA) is 49.4 Å². The lowest BCUT2D eigenvalue weighted by atomic mass is 9.91. The van der Waals surface area contributed by atoms with Crippen molar-refractivity contribution >= 4 is 11.8 Å². The first-order valence-corrected chi connectivity index (χ1v) is 7.02. The van der Waals surface area contributed by atoms with Crippen molar-refractivity contribution in [1.82, 2.24) is 10.2 Å². The second-order valence-electron chi connectivity index (χ2n) is 6.08. The monoisotopic (exact) mass is 274 g/mol. The van der Waals surface area contributed by atoms with E-state index in [-0.39, 0.29) is 17.9 Å². The van der Waals surface area contributed by atoms with Crippen molar-refractivity contribution in [2.24, 2.45) is 0 Å². The fourth-order valence-electron chi connectivity index (χ4n) is 2.84. The van der Waals surface area contributed by atoms with Gasteiger partial charge in [-0.15, -0.1) is 0 Å². The molecule has 4 heteroatoms. The Morgan fingerprint density at radius 2 is 1.80 bits per heavy atom. The Bertz CT molecular complexity index is 508. The number of carbonyl (C=O) groups is 2. The van der Waals surface area contributed by atoms with E-state index in [0.29, 0.717) is 6.42 Å². The highest BCUT2D eigenvalue weighted by Gasteiger charge is 2.47. The highest BCUT2D eigenvalue weighted by molar-refractivity contribution is 5.99. The minimum Gasteiger partial charge on any atom is -0.342 e. The summed E-state index contributed by atoms with van der Waals surface area (Å²) in [4.78, 5) is 26.6. The lowest BCUT2D eigenvalue weighted by molar-refractivity contribution is -0.157. The predicted octanol–water partition coefficient (Wildman–Crippen LogP) is 1.74. The summed E-state index contributed by atoms with van der Waals surface area (Å²) in [6.45, 7) is 7.47. The standard InChI is InChI=1S/C16H22N2O2/c1-11(2)18-14(19)13(17-15(20)16(18,3)4)10-12-8-6-5-7-9-12/h5-9,11,13H,10H2,1-4H3,(H,17,20). The maximum atomic E-state index is 12.6. The Labute approximate surface area is 120 Å². The van der Waals surface area contributed by atoms with E-state index in [2.05, 4.69) is 5.32 Å². The number of nitrogens with zero attached hydrogens (tertiary/aromatic N) is 1. The van der Waals surface area contributed by atoms with Crippen LogP contribution < -0.4 is 5.32 Å². The molecular formula is C16H22N2O2. The first kappa shape index (κ1) is 14.6. The second kappa shape index (κ2) is 5.27. The van der Waals surface area contributed by atoms with Crippen LogP contribution in [0.1, 0.15) is 33.3 Å². The lowest BCUT2D eigenvalue weighted by Gasteiger charge is -2.46. The van der Waals surface area contributed by atoms with Gasteiger partial charge in [-0.25, -0.2) is 0 Å². The van der Waals surface area contributed by atoms with Crippen LogP contribution in [0.25, 0.3) is 0 Å². The molecule has 0 saturated carbocycles. The van der Waals surface area contributed by atoms with Gasteiger partial charge in [0.25, 0.3) is 0 Å². The average molecular weight is 274 g/mol. The molecule has 2 rings (SSSR count). The fourth-order valence-corrected chi connectivity index (χ4v) is 2.84. The third kappa shape index (κ3) is 2.55. The van der Waals surface area contributed by atoms with Crippen LogP contribution in [0.2, 0.25) is 0 Å². The van der Waals surface area contributed by atoms with Gasteiger partial charge < -0.3 is 10.2 Å². The summed E-state index contributed by atoms with van der Waals surface area (Å²) in [6.07, 6.45) is 0.532. The fraction of sp³-hybridized carbons (Fsp3) is 0.500. The minimum absolute atomic E-state index is 0.00169. The van der Waals surface area contributed by atoms with Crippen molar-refractivity contribution in [1.29, 1.82) is 0 Å². The molecule has 1 fully saturated rings. The van der Waals surface area contributed by atoms with Gasteiger partial charge in [0.15, 0.2) is 0 Å².